The number of aliphatic hydroxyl groups is 3. The molecule has 1 unspecified atom stereocenters. The minimum absolute atomic E-state index is 0.00981. The topological polar surface area (TPSA) is 662 Å². The van der Waals surface area contributed by atoms with E-state index < -0.39 is 236 Å². The highest BCUT2D eigenvalue weighted by Gasteiger charge is 2.46. The van der Waals surface area contributed by atoms with Crippen molar-refractivity contribution in [2.75, 3.05) is 186 Å². The average molecular weight is 2010 g/mol. The normalized spacial score (nSPS) is 20.0. The van der Waals surface area contributed by atoms with Crippen LogP contribution in [0.25, 0.3) is 10.9 Å². The van der Waals surface area contributed by atoms with Gasteiger partial charge in [0.2, 0.25) is 53.2 Å². The van der Waals surface area contributed by atoms with E-state index in [1.54, 1.807) is 61.6 Å². The first-order valence-corrected chi connectivity index (χ1v) is 50.6. The number of urea groups is 1. The molecule has 45 nitrogen and oxygen atoms in total. The summed E-state index contributed by atoms with van der Waals surface area (Å²) < 4.78 is 60.1. The van der Waals surface area contributed by atoms with Gasteiger partial charge in [-0.25, -0.2) is 9.59 Å². The van der Waals surface area contributed by atoms with E-state index in [-0.39, 0.29) is 110 Å². The van der Waals surface area contributed by atoms with E-state index in [2.05, 4.69) is 68.6 Å². The summed E-state index contributed by atoms with van der Waals surface area (Å²) in [5.41, 5.74) is 19.6. The molecule has 13 atom stereocenters. The van der Waals surface area contributed by atoms with E-state index in [4.69, 9.17) is 59.9 Å². The Morgan fingerprint density at radius 3 is 1.95 bits per heavy atom. The number of H-pyrrole nitrogens is 1. The van der Waals surface area contributed by atoms with Crippen LogP contribution >= 0.6 is 35.3 Å². The summed E-state index contributed by atoms with van der Waals surface area (Å²) in [5, 5.41) is 76.7. The molecule has 6 rings (SSSR count). The second-order valence-corrected chi connectivity index (χ2v) is 37.5. The number of amides is 13. The molecule has 0 aliphatic carbocycles. The molecule has 137 heavy (non-hydrogen) atoms. The molecule has 1 fully saturated rings. The van der Waals surface area contributed by atoms with Crippen molar-refractivity contribution in [2.45, 2.75) is 158 Å². The molecular formula is C88H137N17O28S4. The number of aromatic hydroxyl groups is 1. The highest BCUT2D eigenvalue weighted by Crippen LogP contribution is 2.37. The molecule has 13 amide bonds. The Kier molecular flexibility index (Phi) is 53.6. The number of nitrogens with zero attached hydrogens (tertiary/aromatic N) is 2. The molecule has 1 aromatic heterocycles. The maximum Gasteiger partial charge on any atom is 0.407 e. The number of oxime groups is 1. The number of fused-ring (bicyclic) bond motifs is 5. The molecule has 766 valence electrons. The lowest BCUT2D eigenvalue weighted by Crippen LogP contribution is -2.60. The van der Waals surface area contributed by atoms with E-state index in [0.717, 1.165) is 10.6 Å². The van der Waals surface area contributed by atoms with Gasteiger partial charge in [0.15, 0.2) is 18.2 Å². The van der Waals surface area contributed by atoms with Crippen LogP contribution in [-0.2, 0) is 130 Å². The SMILES string of the molecule is CC[C@H](C)[C@@H]1CC(=O)CNC(=O)[C@H]2CC(=O)[C@H]([C@@H](C)[C@@H](O)CO)NC(=O)[C@@H]3C[C@@H](O)CN3C(=O)[C@H](CC(N)=O)NC(=O)[C@@H](CS(=O)c3[nH]c4c(CSCCOCCOCCOCCOCCOCCOCCOCCN/C=C(\N)CNC(=O)OCc5ccc(NC(=O)[C@H](CCCNC(N)=O)NC(=O)[C@H](CC(C)C)NC(=O)CON=C(CSC)CSC)cc5)c(O)ccc4c3C2)NC(=O)CNC1=O. The number of ketones is 2. The third kappa shape index (κ3) is 42.3. The average Bonchev–Trinajstić information content (AvgIpc) is 1.60. The van der Waals surface area contributed by atoms with Crippen LogP contribution < -0.4 is 75.7 Å². The number of phenols is 1. The smallest absolute Gasteiger partial charge is 0.407 e. The fourth-order valence-electron chi connectivity index (χ4n) is 14.5. The van der Waals surface area contributed by atoms with Gasteiger partial charge in [-0.05, 0) is 85.4 Å². The van der Waals surface area contributed by atoms with Crippen LogP contribution in [0.5, 0.6) is 5.75 Å². The monoisotopic (exact) mass is 2010 g/mol. The number of alkyl carbamates (subject to hydrolysis) is 1. The minimum atomic E-state index is -2.47. The van der Waals surface area contributed by atoms with Crippen molar-refractivity contribution < 1.29 is 134 Å². The third-order valence-corrected chi connectivity index (χ3v) is 25.6. The largest absolute Gasteiger partial charge is 0.508 e. The third-order valence-electron chi connectivity index (χ3n) is 22.0. The molecule has 22 N–H and O–H groups in total. The molecule has 1 saturated heterocycles. The standard InChI is InChI=1S/C88H137N17O28S4/c1-8-53(4)63-37-60(107)42-94-79(115)56-35-64-62-15-16-71(109)65(78(62)103-85(64)137(124)51-69(99-75(113)43-95-80(63)116)83(119)101-68(39-74(90)112)86(121)105-44-61(108)38-70(105)84(120)102-77(72(110)36-56)54(5)73(111)45-106)50-136-33-32-131-31-30-130-29-28-129-27-26-128-25-24-127-23-22-126-21-20-125-19-18-92-40-57(89)41-96-88(123)132-46-55-11-13-58(14-12-55)97-81(117)66(10-9-17-93-87(91)122)100-82(118)67(34-52(2)3)98-76(114)47-133-104-59(48-134-6)49-135-7/h11-16,40,52-54,56,61,63,66-70,73,77,92,103,106,108-109,111H,8-10,17-39,41-51,89H2,1-7H3,(H2,90,112)(H,94,115)(H,95,116)(H,96,123)(H,97,117)(H,98,114)(H,99,113)(H,100,118)(H,101,119)(H,102,120)(H3,91,93,122)/b57-40-/t53-,54-,56+,61+,63-,66-,67-,68-,69+,70-,73-,77-,137?/m0/s1. The van der Waals surface area contributed by atoms with Crippen LogP contribution in [0.3, 0.4) is 0 Å². The van der Waals surface area contributed by atoms with Crippen LogP contribution in [0.4, 0.5) is 15.3 Å². The minimum Gasteiger partial charge on any atom is -0.508 e. The van der Waals surface area contributed by atoms with E-state index >= 15 is 9.00 Å². The maximum absolute atomic E-state index is 15.3. The van der Waals surface area contributed by atoms with Crippen LogP contribution in [0.2, 0.25) is 0 Å². The molecule has 2 aromatic carbocycles. The molecule has 4 heterocycles. The number of anilines is 1. The van der Waals surface area contributed by atoms with Crippen molar-refractivity contribution in [3.8, 4) is 5.75 Å². The second-order valence-electron chi connectivity index (χ2n) is 33.2. The summed E-state index contributed by atoms with van der Waals surface area (Å²) in [7, 11) is -2.47. The lowest BCUT2D eigenvalue weighted by atomic mass is 9.85. The number of hydrogen-bond donors (Lipinski definition) is 19. The Hall–Kier alpha value is -10.0. The molecule has 3 aliphatic heterocycles. The number of carbonyl (C=O) groups excluding carboxylic acids is 14. The number of hydrogen-bond acceptors (Lipinski definition) is 34. The number of aromatic nitrogens is 1. The first-order chi connectivity index (χ1) is 65.6. The highest BCUT2D eigenvalue weighted by molar-refractivity contribution is 8.00. The molecule has 3 aromatic rings. The Morgan fingerprint density at radius 1 is 0.715 bits per heavy atom. The number of primary amides is 2. The predicted octanol–water partition coefficient (Wildman–Crippen LogP) is -1.57. The van der Waals surface area contributed by atoms with Crippen molar-refractivity contribution >= 4 is 151 Å². The summed E-state index contributed by atoms with van der Waals surface area (Å²) in [6.07, 6.45) is -0.263. The first-order valence-electron chi connectivity index (χ1n) is 45.3. The van der Waals surface area contributed by atoms with Gasteiger partial charge in [0.1, 0.15) is 47.6 Å². The van der Waals surface area contributed by atoms with Crippen LogP contribution in [0, 0.1) is 29.6 Å². The molecule has 3 aliphatic rings. The number of benzene rings is 2. The van der Waals surface area contributed by atoms with Gasteiger partial charge in [0.05, 0.1) is 171 Å². The van der Waals surface area contributed by atoms with E-state index in [0.29, 0.717) is 113 Å². The number of ether oxygens (including phenoxy) is 8. The lowest BCUT2D eigenvalue weighted by Gasteiger charge is -2.32. The summed E-state index contributed by atoms with van der Waals surface area (Å²) in [4.78, 5) is 201. The Balaban J connectivity index is 0.875. The Bertz CT molecular complexity index is 4490. The lowest BCUT2D eigenvalue weighted by molar-refractivity contribution is -0.144. The number of Topliss-reactive ketones (excluding diaryl/α,β-unsaturated/α-hetero) is 2. The fourth-order valence-corrected chi connectivity index (χ4v) is 17.9. The van der Waals surface area contributed by atoms with E-state index in [1.807, 2.05) is 26.4 Å². The summed E-state index contributed by atoms with van der Waals surface area (Å²) in [5.74, 6) is -13.8. The van der Waals surface area contributed by atoms with Crippen molar-refractivity contribution in [3.05, 3.63) is 65.0 Å². The Morgan fingerprint density at radius 2 is 1.34 bits per heavy atom. The van der Waals surface area contributed by atoms with Gasteiger partial charge in [-0.3, -0.25) is 61.7 Å². The van der Waals surface area contributed by atoms with Crippen LogP contribution in [-0.4, -0.2) is 352 Å². The first kappa shape index (κ1) is 116. The fraction of sp³-hybridized carbons (Fsp3) is 0.648. The number of aromatic amines is 1. The van der Waals surface area contributed by atoms with Gasteiger partial charge in [0.25, 0.3) is 5.91 Å². The van der Waals surface area contributed by atoms with E-state index in [9.17, 15) is 82.8 Å². The quantitative estimate of drug-likeness (QED) is 0.0172. The molecule has 0 radical (unpaired) electrons. The zero-order valence-corrected chi connectivity index (χ0v) is 81.8. The molecule has 0 saturated carbocycles. The van der Waals surface area contributed by atoms with Gasteiger partial charge in [-0.2, -0.15) is 35.3 Å². The van der Waals surface area contributed by atoms with Gasteiger partial charge < -0.3 is 149 Å². The molecule has 0 spiro atoms. The van der Waals surface area contributed by atoms with Crippen molar-refractivity contribution in [1.29, 1.82) is 0 Å². The molecule has 2 bridgehead atoms. The van der Waals surface area contributed by atoms with Gasteiger partial charge in [-0.15, -0.1) is 0 Å². The summed E-state index contributed by atoms with van der Waals surface area (Å²) >= 11 is 4.49. The van der Waals surface area contributed by atoms with Gasteiger partial charge >= 0.3 is 12.1 Å². The van der Waals surface area contributed by atoms with Gasteiger partial charge in [-0.1, -0.05) is 58.3 Å². The zero-order chi connectivity index (χ0) is 100. The number of aliphatic hydroxyl groups excluding tert-OH is 3. The number of thioether (sulfide) groups is 3. The summed E-state index contributed by atoms with van der Waals surface area (Å²) in [6.45, 7) is 10.1. The molecular weight excluding hydrogens is 1870 g/mol. The molecule has 49 heteroatoms. The Labute approximate surface area is 811 Å². The number of carbonyl (C=O) groups is 14. The van der Waals surface area contributed by atoms with Crippen molar-refractivity contribution in [3.63, 3.8) is 0 Å². The number of nitrogens with two attached hydrogens (primary N) is 3. The number of nitrogens with one attached hydrogen (secondary N) is 12. The highest BCUT2D eigenvalue weighted by atomic mass is 32.2. The maximum atomic E-state index is 15.3. The predicted molar refractivity (Wildman–Crippen MR) is 510 cm³/mol. The van der Waals surface area contributed by atoms with Crippen molar-refractivity contribution in [2.24, 2.45) is 51.9 Å². The summed E-state index contributed by atoms with van der Waals surface area (Å²) in [6, 6.07) is -0.547. The van der Waals surface area contributed by atoms with Crippen molar-refractivity contribution in [1.82, 2.24) is 63.1 Å². The van der Waals surface area contributed by atoms with Crippen LogP contribution in [0.1, 0.15) is 103 Å². The second kappa shape index (κ2) is 63.5. The number of rotatable bonds is 56. The van der Waals surface area contributed by atoms with Gasteiger partial charge in [0, 0.05) is 108 Å². The van der Waals surface area contributed by atoms with E-state index in [1.165, 1.54) is 37.0 Å². The van der Waals surface area contributed by atoms with Crippen LogP contribution in [0.15, 0.2) is 58.5 Å². The zero-order valence-electron chi connectivity index (χ0n) is 78.6. The number of phenolic OH excluding ortho intramolecular Hbond substituents is 1.